The van der Waals surface area contributed by atoms with Crippen LogP contribution in [-0.4, -0.2) is 0 Å². The fourth-order valence-corrected chi connectivity index (χ4v) is 3.14. The average molecular weight is 424 g/mol. The van der Waals surface area contributed by atoms with Crippen molar-refractivity contribution in [2.24, 2.45) is 0 Å². The Morgan fingerprint density at radius 3 is 2.47 bits per heavy atom. The van der Waals surface area contributed by atoms with Gasteiger partial charge in [-0.15, -0.1) is 0 Å². The second-order valence-electron chi connectivity index (χ2n) is 4.17. The Bertz CT molecular complexity index is 615. The molecular formula is C14H11Br2Cl2N. The standard InChI is InChI=1S/C14H11Br2Cl2N/c1-8-4-11(16)14(6-12(8)17)19-7-9-2-3-10(15)5-13(9)18/h2-6,19H,7H2,1H3. The summed E-state index contributed by atoms with van der Waals surface area (Å²) in [7, 11) is 0. The number of halogens is 4. The van der Waals surface area contributed by atoms with E-state index in [1.165, 1.54) is 0 Å². The molecule has 0 radical (unpaired) electrons. The molecule has 0 amide bonds. The van der Waals surface area contributed by atoms with Gasteiger partial charge in [0.25, 0.3) is 0 Å². The summed E-state index contributed by atoms with van der Waals surface area (Å²) in [5.74, 6) is 0. The van der Waals surface area contributed by atoms with E-state index in [9.17, 15) is 0 Å². The number of benzene rings is 2. The fraction of sp³-hybridized carbons (Fsp3) is 0.143. The number of rotatable bonds is 3. The number of aryl methyl sites for hydroxylation is 1. The van der Waals surface area contributed by atoms with Crippen molar-refractivity contribution in [3.63, 3.8) is 0 Å². The molecule has 2 rings (SSSR count). The first-order valence-electron chi connectivity index (χ1n) is 5.61. The zero-order valence-corrected chi connectivity index (χ0v) is 14.8. The summed E-state index contributed by atoms with van der Waals surface area (Å²) in [6, 6.07) is 9.75. The Labute approximate surface area is 139 Å². The van der Waals surface area contributed by atoms with Crippen molar-refractivity contribution < 1.29 is 0 Å². The molecule has 0 atom stereocenters. The summed E-state index contributed by atoms with van der Waals surface area (Å²) in [4.78, 5) is 0. The number of nitrogens with one attached hydrogen (secondary N) is 1. The van der Waals surface area contributed by atoms with Crippen molar-refractivity contribution in [1.29, 1.82) is 0 Å². The van der Waals surface area contributed by atoms with Crippen LogP contribution >= 0.6 is 55.1 Å². The largest absolute Gasteiger partial charge is 0.380 e. The molecule has 1 nitrogen and oxygen atoms in total. The minimum atomic E-state index is 0.643. The fourth-order valence-electron chi connectivity index (χ4n) is 1.64. The van der Waals surface area contributed by atoms with Crippen LogP contribution in [0.1, 0.15) is 11.1 Å². The maximum absolute atomic E-state index is 6.18. The molecule has 5 heteroatoms. The van der Waals surface area contributed by atoms with E-state index >= 15 is 0 Å². The van der Waals surface area contributed by atoms with Crippen molar-refractivity contribution in [3.8, 4) is 0 Å². The molecule has 1 N–H and O–H groups in total. The van der Waals surface area contributed by atoms with E-state index < -0.39 is 0 Å². The monoisotopic (exact) mass is 421 g/mol. The van der Waals surface area contributed by atoms with Crippen molar-refractivity contribution in [3.05, 3.63) is 60.4 Å². The lowest BCUT2D eigenvalue weighted by atomic mass is 10.2. The van der Waals surface area contributed by atoms with Gasteiger partial charge in [-0.3, -0.25) is 0 Å². The highest BCUT2D eigenvalue weighted by molar-refractivity contribution is 9.10. The molecule has 2 aromatic rings. The lowest BCUT2D eigenvalue weighted by Gasteiger charge is -2.12. The smallest absolute Gasteiger partial charge is 0.0502 e. The predicted molar refractivity (Wildman–Crippen MR) is 90.4 cm³/mol. The number of hydrogen-bond acceptors (Lipinski definition) is 1. The lowest BCUT2D eigenvalue weighted by molar-refractivity contribution is 1.14. The van der Waals surface area contributed by atoms with Crippen molar-refractivity contribution >= 4 is 60.7 Å². The van der Waals surface area contributed by atoms with Crippen LogP contribution in [0.2, 0.25) is 10.0 Å². The molecule has 0 spiro atoms. The molecule has 0 heterocycles. The quantitative estimate of drug-likeness (QED) is 0.599. The van der Waals surface area contributed by atoms with Gasteiger partial charge in [0.1, 0.15) is 0 Å². The Morgan fingerprint density at radius 1 is 1.05 bits per heavy atom. The second-order valence-corrected chi connectivity index (χ2v) is 6.75. The van der Waals surface area contributed by atoms with E-state index in [0.717, 1.165) is 35.8 Å². The van der Waals surface area contributed by atoms with Gasteiger partial charge in [-0.25, -0.2) is 0 Å². The third-order valence-electron chi connectivity index (χ3n) is 2.73. The molecule has 0 unspecified atom stereocenters. The van der Waals surface area contributed by atoms with E-state index in [4.69, 9.17) is 23.2 Å². The van der Waals surface area contributed by atoms with Gasteiger partial charge in [-0.2, -0.15) is 0 Å². The van der Waals surface area contributed by atoms with E-state index in [2.05, 4.69) is 37.2 Å². The van der Waals surface area contributed by atoms with Gasteiger partial charge >= 0.3 is 0 Å². The van der Waals surface area contributed by atoms with Crippen LogP contribution in [0.3, 0.4) is 0 Å². The first kappa shape index (κ1) is 15.2. The minimum absolute atomic E-state index is 0.643. The van der Waals surface area contributed by atoms with Crippen LogP contribution in [0.4, 0.5) is 5.69 Å². The summed E-state index contributed by atoms with van der Waals surface area (Å²) >= 11 is 19.2. The molecule has 0 aliphatic carbocycles. The molecule has 0 saturated carbocycles. The van der Waals surface area contributed by atoms with Crippen LogP contribution in [0.15, 0.2) is 39.3 Å². The molecular weight excluding hydrogens is 413 g/mol. The number of hydrogen-bond donors (Lipinski definition) is 1. The van der Waals surface area contributed by atoms with E-state index in [0.29, 0.717) is 6.54 Å². The van der Waals surface area contributed by atoms with Gasteiger partial charge in [0, 0.05) is 25.5 Å². The van der Waals surface area contributed by atoms with E-state index in [1.54, 1.807) is 0 Å². The van der Waals surface area contributed by atoms with Crippen LogP contribution in [0.25, 0.3) is 0 Å². The maximum atomic E-state index is 6.18. The molecule has 19 heavy (non-hydrogen) atoms. The molecule has 0 fully saturated rings. The molecule has 0 aromatic heterocycles. The minimum Gasteiger partial charge on any atom is -0.380 e. The van der Waals surface area contributed by atoms with Crippen LogP contribution in [-0.2, 0) is 6.54 Å². The van der Waals surface area contributed by atoms with Crippen molar-refractivity contribution in [1.82, 2.24) is 0 Å². The second kappa shape index (κ2) is 6.49. The van der Waals surface area contributed by atoms with Crippen LogP contribution in [0.5, 0.6) is 0 Å². The third-order valence-corrected chi connectivity index (χ3v) is 4.64. The van der Waals surface area contributed by atoms with Crippen molar-refractivity contribution in [2.75, 3.05) is 5.32 Å². The van der Waals surface area contributed by atoms with Gasteiger partial charge in [-0.1, -0.05) is 45.2 Å². The summed E-state index contributed by atoms with van der Waals surface area (Å²) in [6.45, 7) is 2.62. The summed E-state index contributed by atoms with van der Waals surface area (Å²) < 4.78 is 1.96. The Kier molecular flexibility index (Phi) is 5.18. The zero-order chi connectivity index (χ0) is 14.0. The van der Waals surface area contributed by atoms with Gasteiger partial charge in [0.15, 0.2) is 0 Å². The molecule has 2 aromatic carbocycles. The highest BCUT2D eigenvalue weighted by atomic mass is 79.9. The maximum Gasteiger partial charge on any atom is 0.0502 e. The summed E-state index contributed by atoms with van der Waals surface area (Å²) in [5.41, 5.74) is 3.03. The van der Waals surface area contributed by atoms with Gasteiger partial charge in [0.2, 0.25) is 0 Å². The molecule has 0 saturated heterocycles. The molecule has 100 valence electrons. The highest BCUT2D eigenvalue weighted by Gasteiger charge is 2.06. The average Bonchev–Trinajstić information content (AvgIpc) is 2.34. The topological polar surface area (TPSA) is 12.0 Å². The Hall–Kier alpha value is -0.220. The molecule has 0 aliphatic heterocycles. The molecule has 0 bridgehead atoms. The Balaban J connectivity index is 2.16. The van der Waals surface area contributed by atoms with Crippen LogP contribution in [0, 0.1) is 6.92 Å². The van der Waals surface area contributed by atoms with Crippen LogP contribution < -0.4 is 5.32 Å². The zero-order valence-electron chi connectivity index (χ0n) is 10.1. The van der Waals surface area contributed by atoms with Crippen molar-refractivity contribution in [2.45, 2.75) is 13.5 Å². The summed E-state index contributed by atoms with van der Waals surface area (Å²) in [6.07, 6.45) is 0. The Morgan fingerprint density at radius 2 is 1.79 bits per heavy atom. The van der Waals surface area contributed by atoms with Gasteiger partial charge < -0.3 is 5.32 Å². The van der Waals surface area contributed by atoms with E-state index in [1.807, 2.05) is 37.3 Å². The van der Waals surface area contributed by atoms with E-state index in [-0.39, 0.29) is 0 Å². The molecule has 0 aliphatic rings. The van der Waals surface area contributed by atoms with Gasteiger partial charge in [0.05, 0.1) is 5.69 Å². The number of anilines is 1. The predicted octanol–water partition coefficient (Wildman–Crippen LogP) is 6.44. The third kappa shape index (κ3) is 3.88. The summed E-state index contributed by atoms with van der Waals surface area (Å²) in [5, 5.41) is 4.80. The lowest BCUT2D eigenvalue weighted by Crippen LogP contribution is -2.01. The van der Waals surface area contributed by atoms with Gasteiger partial charge in [-0.05, 0) is 58.2 Å². The SMILES string of the molecule is Cc1cc(Br)c(NCc2ccc(Br)cc2Cl)cc1Cl. The first-order chi connectivity index (χ1) is 8.97. The highest BCUT2D eigenvalue weighted by Crippen LogP contribution is 2.30. The first-order valence-corrected chi connectivity index (χ1v) is 7.95. The normalized spacial score (nSPS) is 10.6.